The van der Waals surface area contributed by atoms with Crippen LogP contribution in [0.25, 0.3) is 28.2 Å². The van der Waals surface area contributed by atoms with Gasteiger partial charge in [0.25, 0.3) is 5.91 Å². The second kappa shape index (κ2) is 9.41. The molecule has 0 aliphatic heterocycles. The Balaban J connectivity index is 2.36. The van der Waals surface area contributed by atoms with Crippen molar-refractivity contribution in [2.75, 3.05) is 12.3 Å². The van der Waals surface area contributed by atoms with Crippen LogP contribution in [-0.4, -0.2) is 38.2 Å². The number of nitrogens with one attached hydrogen (secondary N) is 1. The first-order chi connectivity index (χ1) is 14.9. The number of fused-ring (bicyclic) bond motifs is 1. The third-order valence-corrected chi connectivity index (χ3v) is 4.86. The first kappa shape index (κ1) is 22.0. The lowest BCUT2D eigenvalue weighted by Crippen LogP contribution is -2.31. The Kier molecular flexibility index (Phi) is 6.68. The molecule has 0 aliphatic carbocycles. The summed E-state index contributed by atoms with van der Waals surface area (Å²) in [5.74, 6) is -0.145. The third-order valence-electron chi connectivity index (χ3n) is 4.86. The molecule has 0 fully saturated rings. The molecule has 8 nitrogen and oxygen atoms in total. The van der Waals surface area contributed by atoms with Gasteiger partial charge in [-0.15, -0.1) is 0 Å². The predicted molar refractivity (Wildman–Crippen MR) is 121 cm³/mol. The van der Waals surface area contributed by atoms with Gasteiger partial charge in [-0.1, -0.05) is 29.8 Å². The van der Waals surface area contributed by atoms with E-state index in [4.69, 9.17) is 5.73 Å². The number of hydrogen-bond donors (Lipinski definition) is 3. The van der Waals surface area contributed by atoms with Crippen LogP contribution >= 0.6 is 0 Å². The number of carbonyl (C=O) groups is 1. The van der Waals surface area contributed by atoms with Crippen LogP contribution in [-0.2, 0) is 11.3 Å². The number of anilines is 1. The summed E-state index contributed by atoms with van der Waals surface area (Å²) >= 11 is 0. The van der Waals surface area contributed by atoms with Crippen LogP contribution in [0.1, 0.15) is 31.5 Å². The Bertz CT molecular complexity index is 1170. The van der Waals surface area contributed by atoms with E-state index < -0.39 is 5.91 Å². The number of amides is 1. The number of rotatable bonds is 7. The Hall–Kier alpha value is -3.70. The number of aryl methyl sites for hydroxylation is 2. The van der Waals surface area contributed by atoms with Gasteiger partial charge in [-0.2, -0.15) is 5.26 Å². The zero-order valence-corrected chi connectivity index (χ0v) is 17.9. The summed E-state index contributed by atoms with van der Waals surface area (Å²) in [4.78, 5) is 21.2. The van der Waals surface area contributed by atoms with Gasteiger partial charge < -0.3 is 20.7 Å². The summed E-state index contributed by atoms with van der Waals surface area (Å²) < 4.78 is 1.87. The van der Waals surface area contributed by atoms with E-state index in [2.05, 4.69) is 15.3 Å². The number of aromatic nitrogens is 3. The summed E-state index contributed by atoms with van der Waals surface area (Å²) in [6.07, 6.45) is 3.42. The van der Waals surface area contributed by atoms with E-state index >= 15 is 0 Å². The average molecular weight is 419 g/mol. The SMILES string of the molecule is Cc1ccc(-c2c(C=C(C#N)C(=O)NC(C)C)n(CCCO)c3ncnc(N)c23)cc1. The minimum Gasteiger partial charge on any atom is -0.396 e. The lowest BCUT2D eigenvalue weighted by atomic mass is 10.00. The lowest BCUT2D eigenvalue weighted by molar-refractivity contribution is -0.117. The molecule has 4 N–H and O–H groups in total. The molecular formula is C23H26N6O2. The highest BCUT2D eigenvalue weighted by molar-refractivity contribution is 6.08. The fourth-order valence-electron chi connectivity index (χ4n) is 3.45. The fourth-order valence-corrected chi connectivity index (χ4v) is 3.45. The van der Waals surface area contributed by atoms with Crippen molar-refractivity contribution in [3.8, 4) is 17.2 Å². The van der Waals surface area contributed by atoms with Crippen LogP contribution in [0.15, 0.2) is 36.2 Å². The molecule has 0 saturated carbocycles. The number of benzene rings is 1. The van der Waals surface area contributed by atoms with E-state index in [0.717, 1.165) is 16.7 Å². The molecule has 3 rings (SSSR count). The monoisotopic (exact) mass is 418 g/mol. The van der Waals surface area contributed by atoms with Crippen LogP contribution in [0, 0.1) is 18.3 Å². The number of nitrogens with two attached hydrogens (primary N) is 1. The normalized spacial score (nSPS) is 11.7. The smallest absolute Gasteiger partial charge is 0.262 e. The van der Waals surface area contributed by atoms with Crippen molar-refractivity contribution < 1.29 is 9.90 Å². The van der Waals surface area contributed by atoms with Gasteiger partial charge in [0.15, 0.2) is 0 Å². The molecule has 1 aromatic carbocycles. The van der Waals surface area contributed by atoms with Crippen molar-refractivity contribution in [1.82, 2.24) is 19.9 Å². The Morgan fingerprint density at radius 1 is 1.32 bits per heavy atom. The van der Waals surface area contributed by atoms with Gasteiger partial charge in [-0.25, -0.2) is 9.97 Å². The largest absolute Gasteiger partial charge is 0.396 e. The maximum atomic E-state index is 12.6. The number of aliphatic hydroxyl groups is 1. The first-order valence-corrected chi connectivity index (χ1v) is 10.1. The van der Waals surface area contributed by atoms with E-state index in [0.29, 0.717) is 35.5 Å². The number of nitrogen functional groups attached to an aromatic ring is 1. The summed E-state index contributed by atoms with van der Waals surface area (Å²) in [7, 11) is 0. The molecule has 0 radical (unpaired) electrons. The van der Waals surface area contributed by atoms with Crippen molar-refractivity contribution in [2.45, 2.75) is 39.8 Å². The molecule has 2 heterocycles. The molecule has 0 aliphatic rings. The van der Waals surface area contributed by atoms with Gasteiger partial charge >= 0.3 is 0 Å². The molecule has 1 amide bonds. The number of aliphatic hydroxyl groups excluding tert-OH is 1. The van der Waals surface area contributed by atoms with Crippen molar-refractivity contribution in [1.29, 1.82) is 5.26 Å². The van der Waals surface area contributed by atoms with Crippen LogP contribution in [0.5, 0.6) is 0 Å². The molecule has 0 unspecified atom stereocenters. The lowest BCUT2D eigenvalue weighted by Gasteiger charge is -2.11. The Morgan fingerprint density at radius 3 is 2.65 bits per heavy atom. The molecule has 160 valence electrons. The number of nitriles is 1. The minimum atomic E-state index is -0.453. The first-order valence-electron chi connectivity index (χ1n) is 10.1. The second-order valence-electron chi connectivity index (χ2n) is 7.61. The number of carbonyl (C=O) groups excluding carboxylic acids is 1. The minimum absolute atomic E-state index is 0.0117. The average Bonchev–Trinajstić information content (AvgIpc) is 3.04. The standard InChI is InChI=1S/C23H26N6O2/c1-14(2)28-23(31)17(12-24)11-18-19(16-7-5-15(3)6-8-16)20-21(25)26-13-27-22(20)29(18)9-4-10-30/h5-8,11,13-14,30H,4,9-10H2,1-3H3,(H,28,31)(H2,25,26,27). The molecule has 0 bridgehead atoms. The molecule has 0 spiro atoms. The highest BCUT2D eigenvalue weighted by Gasteiger charge is 2.22. The summed E-state index contributed by atoms with van der Waals surface area (Å²) in [5, 5.41) is 22.5. The zero-order valence-electron chi connectivity index (χ0n) is 17.9. The van der Waals surface area contributed by atoms with Crippen LogP contribution in [0.3, 0.4) is 0 Å². The molecule has 8 heteroatoms. The highest BCUT2D eigenvalue weighted by Crippen LogP contribution is 2.38. The van der Waals surface area contributed by atoms with Crippen molar-refractivity contribution in [2.24, 2.45) is 0 Å². The molecule has 2 aromatic heterocycles. The molecule has 0 atom stereocenters. The molecular weight excluding hydrogens is 392 g/mol. The van der Waals surface area contributed by atoms with E-state index in [9.17, 15) is 15.2 Å². The van der Waals surface area contributed by atoms with Crippen molar-refractivity contribution in [3.63, 3.8) is 0 Å². The Morgan fingerprint density at radius 2 is 2.03 bits per heavy atom. The topological polar surface area (TPSA) is 130 Å². The highest BCUT2D eigenvalue weighted by atomic mass is 16.3. The summed E-state index contributed by atoms with van der Waals surface area (Å²) in [5.41, 5.74) is 10.1. The summed E-state index contributed by atoms with van der Waals surface area (Å²) in [6, 6.07) is 9.79. The van der Waals surface area contributed by atoms with Gasteiger partial charge in [0, 0.05) is 24.8 Å². The second-order valence-corrected chi connectivity index (χ2v) is 7.61. The fraction of sp³-hybridized carbons (Fsp3) is 0.304. The molecule has 3 aromatic rings. The van der Waals surface area contributed by atoms with Crippen molar-refractivity contribution in [3.05, 3.63) is 47.4 Å². The van der Waals surface area contributed by atoms with Crippen molar-refractivity contribution >= 4 is 28.8 Å². The van der Waals surface area contributed by atoms with Gasteiger partial charge in [0.05, 0.1) is 11.1 Å². The van der Waals surface area contributed by atoms with Gasteiger partial charge in [0.1, 0.15) is 29.4 Å². The predicted octanol–water partition coefficient (Wildman–Crippen LogP) is 2.80. The number of hydrogen-bond acceptors (Lipinski definition) is 6. The quantitative estimate of drug-likeness (QED) is 0.400. The van der Waals surface area contributed by atoms with E-state index in [-0.39, 0.29) is 18.2 Å². The molecule has 31 heavy (non-hydrogen) atoms. The maximum Gasteiger partial charge on any atom is 0.262 e. The number of nitrogens with zero attached hydrogens (tertiary/aromatic N) is 4. The van der Waals surface area contributed by atoms with E-state index in [1.807, 2.05) is 55.7 Å². The van der Waals surface area contributed by atoms with Crippen LogP contribution in [0.2, 0.25) is 0 Å². The van der Waals surface area contributed by atoms with E-state index in [1.165, 1.54) is 6.33 Å². The Labute approximate surface area is 181 Å². The summed E-state index contributed by atoms with van der Waals surface area (Å²) in [6.45, 7) is 6.09. The van der Waals surface area contributed by atoms with Crippen LogP contribution < -0.4 is 11.1 Å². The van der Waals surface area contributed by atoms with Gasteiger partial charge in [-0.3, -0.25) is 4.79 Å². The third kappa shape index (κ3) is 4.57. The van der Waals surface area contributed by atoms with Crippen LogP contribution in [0.4, 0.5) is 5.82 Å². The van der Waals surface area contributed by atoms with Gasteiger partial charge in [0.2, 0.25) is 0 Å². The van der Waals surface area contributed by atoms with E-state index in [1.54, 1.807) is 6.08 Å². The maximum absolute atomic E-state index is 12.6. The zero-order chi connectivity index (χ0) is 22.5. The van der Waals surface area contributed by atoms with Gasteiger partial charge in [-0.05, 0) is 38.8 Å². The molecule has 0 saturated heterocycles.